The molecule has 0 saturated carbocycles. The molecule has 11 heteroatoms. The minimum atomic E-state index is -1.18. The number of carbonyl (C=O) groups excluding carboxylic acids is 4. The summed E-state index contributed by atoms with van der Waals surface area (Å²) in [7, 11) is 0. The highest BCUT2D eigenvalue weighted by Gasteiger charge is 2.33. The molecule has 0 radical (unpaired) electrons. The monoisotopic (exact) mass is 854 g/mol. The molecule has 0 aliphatic heterocycles. The molecule has 0 fully saturated rings. The minimum Gasteiger partial charge on any atom is -0.396 e. The molecule has 0 aromatic carbocycles. The van der Waals surface area contributed by atoms with Gasteiger partial charge in [-0.05, 0) is 32.1 Å². The number of nitrogens with one attached hydrogen (secondary N) is 2. The van der Waals surface area contributed by atoms with E-state index in [0.717, 1.165) is 62.9 Å². The van der Waals surface area contributed by atoms with Crippen LogP contribution in [-0.4, -0.2) is 82.0 Å². The van der Waals surface area contributed by atoms with Crippen molar-refractivity contribution >= 4 is 23.7 Å². The van der Waals surface area contributed by atoms with Gasteiger partial charge in [-0.2, -0.15) is 5.06 Å². The highest BCUT2D eigenvalue weighted by molar-refractivity contribution is 5.88. The molecule has 3 atom stereocenters. The lowest BCUT2D eigenvalue weighted by Crippen LogP contribution is -2.51. The van der Waals surface area contributed by atoms with Gasteiger partial charge in [-0.3, -0.25) is 14.4 Å². The molecular formula is C49H95N3O8. The molecule has 5 N–H and O–H groups in total. The zero-order valence-corrected chi connectivity index (χ0v) is 39.1. The van der Waals surface area contributed by atoms with E-state index in [0.29, 0.717) is 32.1 Å². The van der Waals surface area contributed by atoms with Crippen LogP contribution in [0.3, 0.4) is 0 Å². The first-order valence-electron chi connectivity index (χ1n) is 25.2. The molecule has 0 heterocycles. The third-order valence-electron chi connectivity index (χ3n) is 11.6. The van der Waals surface area contributed by atoms with Gasteiger partial charge in [0.25, 0.3) is 5.91 Å². The predicted octanol–water partition coefficient (Wildman–Crippen LogP) is 10.7. The summed E-state index contributed by atoms with van der Waals surface area (Å²) >= 11 is 0. The fourth-order valence-electron chi connectivity index (χ4n) is 7.73. The smallest absolute Gasteiger partial charge is 0.332 e. The molecule has 0 rings (SSSR count). The molecule has 0 bridgehead atoms. The lowest BCUT2D eigenvalue weighted by atomic mass is 10.0. The molecule has 0 aromatic rings. The molecule has 0 aliphatic rings. The van der Waals surface area contributed by atoms with Crippen LogP contribution in [0.15, 0.2) is 0 Å². The minimum absolute atomic E-state index is 0.0198. The van der Waals surface area contributed by atoms with E-state index in [2.05, 4.69) is 31.4 Å². The summed E-state index contributed by atoms with van der Waals surface area (Å²) in [5.74, 6) is -1.85. The van der Waals surface area contributed by atoms with E-state index in [4.69, 9.17) is 4.84 Å². The second-order valence-corrected chi connectivity index (χ2v) is 17.4. The lowest BCUT2D eigenvalue weighted by Gasteiger charge is -2.29. The van der Waals surface area contributed by atoms with Crippen molar-refractivity contribution in [2.45, 2.75) is 270 Å². The average molecular weight is 854 g/mol. The van der Waals surface area contributed by atoms with Crippen LogP contribution in [0.5, 0.6) is 0 Å². The van der Waals surface area contributed by atoms with Crippen LogP contribution in [-0.2, 0) is 24.0 Å². The topological polar surface area (TPSA) is 165 Å². The highest BCUT2D eigenvalue weighted by atomic mass is 16.7. The van der Waals surface area contributed by atoms with Gasteiger partial charge in [0.15, 0.2) is 6.04 Å². The zero-order chi connectivity index (χ0) is 44.3. The van der Waals surface area contributed by atoms with Crippen LogP contribution < -0.4 is 10.6 Å². The van der Waals surface area contributed by atoms with Crippen LogP contribution in [0.4, 0.5) is 0 Å². The van der Waals surface area contributed by atoms with Gasteiger partial charge in [0.2, 0.25) is 11.8 Å². The SMILES string of the molecule is CCCCCCCCCCCCCC(=O)N(OC(=O)CCCCCCCCCCC)C(CCO)C(=O)NCCC[C@H](CO)NC(=O)C[C@H](O)CCCCCCCCCCC. The van der Waals surface area contributed by atoms with E-state index < -0.39 is 36.0 Å². The van der Waals surface area contributed by atoms with Crippen molar-refractivity contribution in [2.24, 2.45) is 0 Å². The molecule has 0 aliphatic carbocycles. The number of hydrogen-bond donors (Lipinski definition) is 5. The molecule has 11 nitrogen and oxygen atoms in total. The van der Waals surface area contributed by atoms with E-state index in [9.17, 15) is 34.5 Å². The first-order valence-corrected chi connectivity index (χ1v) is 25.2. The summed E-state index contributed by atoms with van der Waals surface area (Å²) in [5, 5.41) is 36.8. The van der Waals surface area contributed by atoms with Crippen LogP contribution in [0, 0.1) is 0 Å². The quantitative estimate of drug-likeness (QED) is 0.0298. The number of aliphatic hydroxyl groups excluding tert-OH is 3. The fraction of sp³-hybridized carbons (Fsp3) is 0.918. The van der Waals surface area contributed by atoms with Gasteiger partial charge in [-0.1, -0.05) is 194 Å². The number of rotatable bonds is 44. The van der Waals surface area contributed by atoms with E-state index in [-0.39, 0.29) is 51.3 Å². The van der Waals surface area contributed by atoms with E-state index >= 15 is 0 Å². The van der Waals surface area contributed by atoms with Crippen molar-refractivity contribution < 1.29 is 39.3 Å². The van der Waals surface area contributed by atoms with Crippen molar-refractivity contribution in [3.05, 3.63) is 0 Å². The van der Waals surface area contributed by atoms with E-state index in [1.54, 1.807) is 0 Å². The first-order chi connectivity index (χ1) is 29.2. The van der Waals surface area contributed by atoms with E-state index in [1.807, 2.05) is 0 Å². The van der Waals surface area contributed by atoms with Crippen LogP contribution in [0.2, 0.25) is 0 Å². The Kier molecular flexibility index (Phi) is 41.8. The Bertz CT molecular complexity index is 1020. The van der Waals surface area contributed by atoms with Gasteiger partial charge in [0.05, 0.1) is 25.2 Å². The number of aliphatic hydroxyl groups is 3. The van der Waals surface area contributed by atoms with Crippen molar-refractivity contribution in [1.29, 1.82) is 0 Å². The normalized spacial score (nSPS) is 12.8. The molecule has 60 heavy (non-hydrogen) atoms. The number of amides is 3. The van der Waals surface area contributed by atoms with Gasteiger partial charge in [0.1, 0.15) is 0 Å². The Morgan fingerprint density at radius 3 is 1.42 bits per heavy atom. The summed E-state index contributed by atoms with van der Waals surface area (Å²) in [6, 6.07) is -1.71. The molecular weight excluding hydrogens is 759 g/mol. The van der Waals surface area contributed by atoms with Gasteiger partial charge in [0, 0.05) is 32.4 Å². The molecule has 0 aromatic heterocycles. The lowest BCUT2D eigenvalue weighted by molar-refractivity contribution is -0.209. The van der Waals surface area contributed by atoms with Crippen LogP contribution >= 0.6 is 0 Å². The summed E-state index contributed by atoms with van der Waals surface area (Å²) in [6.07, 6.45) is 33.9. The molecule has 0 spiro atoms. The maximum Gasteiger partial charge on any atom is 0.332 e. The third-order valence-corrected chi connectivity index (χ3v) is 11.6. The Morgan fingerprint density at radius 2 is 0.967 bits per heavy atom. The summed E-state index contributed by atoms with van der Waals surface area (Å²) < 4.78 is 0. The summed E-state index contributed by atoms with van der Waals surface area (Å²) in [6.45, 7) is 6.19. The molecule has 3 amide bonds. The number of carbonyl (C=O) groups is 4. The first kappa shape index (κ1) is 57.8. The number of nitrogens with zero attached hydrogens (tertiary/aromatic N) is 1. The third kappa shape index (κ3) is 35.4. The molecule has 0 saturated heterocycles. The highest BCUT2D eigenvalue weighted by Crippen LogP contribution is 2.17. The summed E-state index contributed by atoms with van der Waals surface area (Å²) in [4.78, 5) is 58.3. The Balaban J connectivity index is 4.98. The van der Waals surface area contributed by atoms with Crippen molar-refractivity contribution in [1.82, 2.24) is 15.7 Å². The summed E-state index contributed by atoms with van der Waals surface area (Å²) in [5.41, 5.74) is 0. The Labute approximate surface area is 367 Å². The van der Waals surface area contributed by atoms with E-state index in [1.165, 1.54) is 116 Å². The van der Waals surface area contributed by atoms with Gasteiger partial charge in [-0.25, -0.2) is 4.79 Å². The average Bonchev–Trinajstić information content (AvgIpc) is 3.23. The largest absolute Gasteiger partial charge is 0.396 e. The molecule has 1 unspecified atom stereocenters. The second-order valence-electron chi connectivity index (χ2n) is 17.4. The predicted molar refractivity (Wildman–Crippen MR) is 245 cm³/mol. The second kappa shape index (κ2) is 43.4. The maximum absolute atomic E-state index is 13.6. The van der Waals surface area contributed by atoms with Crippen LogP contribution in [0.25, 0.3) is 0 Å². The number of unbranched alkanes of at least 4 members (excludes halogenated alkanes) is 26. The Hall–Kier alpha value is -2.24. The van der Waals surface area contributed by atoms with Crippen molar-refractivity contribution in [3.8, 4) is 0 Å². The van der Waals surface area contributed by atoms with Crippen molar-refractivity contribution in [3.63, 3.8) is 0 Å². The number of hydrogen-bond acceptors (Lipinski definition) is 8. The molecule has 354 valence electrons. The Morgan fingerprint density at radius 1 is 0.533 bits per heavy atom. The standard InChI is InChI=1S/C49H95N3O8/c1-4-7-10-13-16-19-20-23-25-28-31-36-47(57)52(60-48(58)37-32-29-26-22-18-15-12-9-6-3)45(38-40-53)49(59)50-39-33-34-43(42-54)51-46(56)41-44(55)35-30-27-24-21-17-14-11-8-5-2/h43-45,53-55H,4-42H2,1-3H3,(H,50,59)(H,51,56)/t43-,44-,45?/m1/s1. The van der Waals surface area contributed by atoms with Gasteiger partial charge >= 0.3 is 5.97 Å². The number of hydroxylamine groups is 2. The fourth-order valence-corrected chi connectivity index (χ4v) is 7.73. The van der Waals surface area contributed by atoms with Gasteiger partial charge < -0.3 is 30.8 Å². The maximum atomic E-state index is 13.6. The zero-order valence-electron chi connectivity index (χ0n) is 39.1. The van der Waals surface area contributed by atoms with Crippen molar-refractivity contribution in [2.75, 3.05) is 19.8 Å². The van der Waals surface area contributed by atoms with Crippen LogP contribution in [0.1, 0.15) is 252 Å². The van der Waals surface area contributed by atoms with Gasteiger partial charge in [-0.15, -0.1) is 0 Å².